The van der Waals surface area contributed by atoms with Crippen molar-refractivity contribution in [1.29, 1.82) is 0 Å². The number of methoxy groups -OCH3 is 1. The summed E-state index contributed by atoms with van der Waals surface area (Å²) in [5.41, 5.74) is 1.67. The molecule has 1 aromatic heterocycles. The Kier molecular flexibility index (Phi) is 5.10. The first kappa shape index (κ1) is 18.2. The summed E-state index contributed by atoms with van der Waals surface area (Å²) in [6.45, 7) is 0.900. The summed E-state index contributed by atoms with van der Waals surface area (Å²) in [6, 6.07) is 12.2. The van der Waals surface area contributed by atoms with Crippen molar-refractivity contribution in [3.63, 3.8) is 0 Å². The van der Waals surface area contributed by atoms with Gasteiger partial charge in [0.05, 0.1) is 19.0 Å². The second kappa shape index (κ2) is 7.84. The van der Waals surface area contributed by atoms with Crippen LogP contribution in [0.1, 0.15) is 23.2 Å². The van der Waals surface area contributed by atoms with Crippen molar-refractivity contribution in [1.82, 2.24) is 14.9 Å². The predicted octanol–water partition coefficient (Wildman–Crippen LogP) is 3.91. The molecule has 0 unspecified atom stereocenters. The molecule has 0 aliphatic heterocycles. The van der Waals surface area contributed by atoms with Gasteiger partial charge in [0.2, 0.25) is 0 Å². The Labute approximate surface area is 163 Å². The Balaban J connectivity index is 1.35. The van der Waals surface area contributed by atoms with E-state index in [2.05, 4.69) is 10.3 Å². The Morgan fingerprint density at radius 2 is 1.96 bits per heavy atom. The van der Waals surface area contributed by atoms with Crippen LogP contribution in [0.25, 0.3) is 11.1 Å². The highest BCUT2D eigenvalue weighted by atomic mass is 19.1. The summed E-state index contributed by atoms with van der Waals surface area (Å²) < 4.78 is 21.7. The van der Waals surface area contributed by atoms with Gasteiger partial charge < -0.3 is 14.6 Å². The number of aromatic nitrogens is 2. The van der Waals surface area contributed by atoms with Crippen LogP contribution in [0, 0.1) is 11.7 Å². The molecule has 1 aliphatic carbocycles. The van der Waals surface area contributed by atoms with E-state index in [0.29, 0.717) is 5.92 Å². The van der Waals surface area contributed by atoms with E-state index in [4.69, 9.17) is 4.74 Å². The van der Waals surface area contributed by atoms with Crippen molar-refractivity contribution in [2.45, 2.75) is 25.4 Å². The Morgan fingerprint density at radius 1 is 1.21 bits per heavy atom. The van der Waals surface area contributed by atoms with Crippen molar-refractivity contribution in [3.05, 3.63) is 72.6 Å². The average Bonchev–Trinajstić information content (AvgIpc) is 3.19. The maximum atomic E-state index is 14.5. The molecule has 0 radical (unpaired) electrons. The summed E-state index contributed by atoms with van der Waals surface area (Å²) in [6.07, 6.45) is 7.29. The number of ether oxygens (including phenoxy) is 1. The van der Waals surface area contributed by atoms with Crippen LogP contribution in [0.5, 0.6) is 5.75 Å². The Bertz CT molecular complexity index is 948. The predicted molar refractivity (Wildman–Crippen MR) is 105 cm³/mol. The molecule has 144 valence electrons. The van der Waals surface area contributed by atoms with Gasteiger partial charge in [-0.3, -0.25) is 4.79 Å². The normalized spacial score (nSPS) is 18.4. The first-order valence-corrected chi connectivity index (χ1v) is 9.33. The number of benzene rings is 2. The van der Waals surface area contributed by atoms with Gasteiger partial charge in [0.1, 0.15) is 11.6 Å². The molecule has 1 amide bonds. The summed E-state index contributed by atoms with van der Waals surface area (Å²) >= 11 is 0. The number of nitrogens with zero attached hydrogens (tertiary/aromatic N) is 2. The minimum absolute atomic E-state index is 0.0790. The standard InChI is InChI=1S/C22H22FN3O2/c1-28-19-5-2-16(3-6-19)17-4-7-20(21(23)12-17)22(27)25-18-10-15(11-18)13-26-9-8-24-14-26/h2-9,12,14-15,18H,10-11,13H2,1H3,(H,25,27). The number of imidazole rings is 1. The van der Waals surface area contributed by atoms with E-state index in [1.54, 1.807) is 31.8 Å². The highest BCUT2D eigenvalue weighted by molar-refractivity contribution is 5.95. The van der Waals surface area contributed by atoms with Gasteiger partial charge in [0.25, 0.3) is 5.91 Å². The summed E-state index contributed by atoms with van der Waals surface area (Å²) in [5, 5.41) is 2.94. The first-order valence-electron chi connectivity index (χ1n) is 9.33. The van der Waals surface area contributed by atoms with Gasteiger partial charge in [0, 0.05) is 25.0 Å². The fraction of sp³-hybridized carbons (Fsp3) is 0.273. The zero-order valence-electron chi connectivity index (χ0n) is 15.6. The molecule has 1 fully saturated rings. The first-order chi connectivity index (χ1) is 13.6. The van der Waals surface area contributed by atoms with E-state index < -0.39 is 5.82 Å². The molecule has 1 saturated carbocycles. The van der Waals surface area contributed by atoms with Crippen molar-refractivity contribution in [2.75, 3.05) is 7.11 Å². The molecule has 1 aliphatic rings. The molecule has 0 bridgehead atoms. The minimum atomic E-state index is -0.514. The quantitative estimate of drug-likeness (QED) is 0.707. The molecule has 1 N–H and O–H groups in total. The molecule has 0 saturated heterocycles. The third-order valence-corrected chi connectivity index (χ3v) is 5.24. The van der Waals surface area contributed by atoms with Crippen molar-refractivity contribution in [2.24, 2.45) is 5.92 Å². The third-order valence-electron chi connectivity index (χ3n) is 5.24. The summed E-state index contributed by atoms with van der Waals surface area (Å²) in [7, 11) is 1.60. The van der Waals surface area contributed by atoms with Gasteiger partial charge in [-0.15, -0.1) is 0 Å². The van der Waals surface area contributed by atoms with Crippen molar-refractivity contribution >= 4 is 5.91 Å². The number of amides is 1. The highest BCUT2D eigenvalue weighted by Gasteiger charge is 2.31. The Morgan fingerprint density at radius 3 is 2.61 bits per heavy atom. The number of rotatable bonds is 6. The molecule has 28 heavy (non-hydrogen) atoms. The molecule has 1 heterocycles. The number of carbonyl (C=O) groups is 1. The average molecular weight is 379 g/mol. The summed E-state index contributed by atoms with van der Waals surface area (Å²) in [5.74, 6) is 0.388. The smallest absolute Gasteiger partial charge is 0.254 e. The number of halogens is 1. The lowest BCUT2D eigenvalue weighted by atomic mass is 9.80. The van der Waals surface area contributed by atoms with E-state index in [0.717, 1.165) is 36.3 Å². The lowest BCUT2D eigenvalue weighted by molar-refractivity contribution is 0.0877. The van der Waals surface area contributed by atoms with Crippen LogP contribution in [-0.4, -0.2) is 28.6 Å². The monoisotopic (exact) mass is 379 g/mol. The largest absolute Gasteiger partial charge is 0.497 e. The van der Waals surface area contributed by atoms with Crippen LogP contribution in [0.4, 0.5) is 4.39 Å². The van der Waals surface area contributed by atoms with Crippen LogP contribution < -0.4 is 10.1 Å². The van der Waals surface area contributed by atoms with E-state index in [-0.39, 0.29) is 17.5 Å². The van der Waals surface area contributed by atoms with Gasteiger partial charge in [-0.25, -0.2) is 9.37 Å². The van der Waals surface area contributed by atoms with Crippen LogP contribution in [-0.2, 0) is 6.54 Å². The van der Waals surface area contributed by atoms with E-state index >= 15 is 0 Å². The molecule has 2 aromatic carbocycles. The number of carbonyl (C=O) groups excluding carboxylic acids is 1. The van der Waals surface area contributed by atoms with Crippen LogP contribution in [0.15, 0.2) is 61.2 Å². The number of hydrogen-bond acceptors (Lipinski definition) is 3. The molecule has 5 nitrogen and oxygen atoms in total. The second-order valence-electron chi connectivity index (χ2n) is 7.19. The molecule has 3 aromatic rings. The van der Waals surface area contributed by atoms with Crippen LogP contribution in [0.3, 0.4) is 0 Å². The van der Waals surface area contributed by atoms with Crippen molar-refractivity contribution < 1.29 is 13.9 Å². The zero-order chi connectivity index (χ0) is 19.5. The molecular formula is C22H22FN3O2. The van der Waals surface area contributed by atoms with Crippen molar-refractivity contribution in [3.8, 4) is 16.9 Å². The fourth-order valence-electron chi connectivity index (χ4n) is 3.62. The van der Waals surface area contributed by atoms with Gasteiger partial charge >= 0.3 is 0 Å². The van der Waals surface area contributed by atoms with Crippen LogP contribution in [0.2, 0.25) is 0 Å². The lowest BCUT2D eigenvalue weighted by Crippen LogP contribution is -2.45. The Hall–Kier alpha value is -3.15. The topological polar surface area (TPSA) is 56.1 Å². The maximum absolute atomic E-state index is 14.5. The zero-order valence-corrected chi connectivity index (χ0v) is 15.6. The third kappa shape index (κ3) is 3.91. The maximum Gasteiger partial charge on any atom is 0.254 e. The van der Waals surface area contributed by atoms with Gasteiger partial charge in [-0.2, -0.15) is 0 Å². The van der Waals surface area contributed by atoms with Gasteiger partial charge in [0.15, 0.2) is 0 Å². The molecule has 0 spiro atoms. The molecule has 4 rings (SSSR count). The lowest BCUT2D eigenvalue weighted by Gasteiger charge is -2.36. The second-order valence-corrected chi connectivity index (χ2v) is 7.19. The highest BCUT2D eigenvalue weighted by Crippen LogP contribution is 2.29. The van der Waals surface area contributed by atoms with Gasteiger partial charge in [-0.1, -0.05) is 18.2 Å². The number of nitrogens with one attached hydrogen (secondary N) is 1. The SMILES string of the molecule is COc1ccc(-c2ccc(C(=O)NC3CC(Cn4ccnc4)C3)c(F)c2)cc1. The summed E-state index contributed by atoms with van der Waals surface area (Å²) in [4.78, 5) is 16.5. The van der Waals surface area contributed by atoms with E-state index in [1.807, 2.05) is 35.0 Å². The van der Waals surface area contributed by atoms with Crippen LogP contribution >= 0.6 is 0 Å². The van der Waals surface area contributed by atoms with Gasteiger partial charge in [-0.05, 0) is 54.2 Å². The van der Waals surface area contributed by atoms with E-state index in [1.165, 1.54) is 6.07 Å². The molecular weight excluding hydrogens is 357 g/mol. The molecule has 6 heteroatoms. The number of hydrogen-bond donors (Lipinski definition) is 1. The fourth-order valence-corrected chi connectivity index (χ4v) is 3.62. The van der Waals surface area contributed by atoms with E-state index in [9.17, 15) is 9.18 Å². The molecule has 0 atom stereocenters. The minimum Gasteiger partial charge on any atom is -0.497 e.